The van der Waals surface area contributed by atoms with E-state index < -0.39 is 24.5 Å². The second-order valence-corrected chi connectivity index (χ2v) is 6.94. The molecule has 1 fully saturated rings. The molecule has 4 rings (SSSR count). The average Bonchev–Trinajstić information content (AvgIpc) is 3.31. The highest BCUT2D eigenvalue weighted by Gasteiger charge is 2.45. The van der Waals surface area contributed by atoms with Crippen molar-refractivity contribution in [3.8, 4) is 5.75 Å². The minimum absolute atomic E-state index is 0.105. The highest BCUT2D eigenvalue weighted by Crippen LogP contribution is 2.32. The lowest BCUT2D eigenvalue weighted by Gasteiger charge is -2.21. The summed E-state index contributed by atoms with van der Waals surface area (Å²) in [5.41, 5.74) is 7.35. The van der Waals surface area contributed by atoms with Crippen LogP contribution in [-0.4, -0.2) is 67.6 Å². The Labute approximate surface area is 171 Å². The summed E-state index contributed by atoms with van der Waals surface area (Å²) in [5, 5.41) is 23.3. The number of carbonyl (C=O) groups is 1. The molecule has 158 valence electrons. The van der Waals surface area contributed by atoms with Crippen LogP contribution in [-0.2, 0) is 16.0 Å². The van der Waals surface area contributed by atoms with Crippen LogP contribution >= 0.6 is 0 Å². The number of imidazole rings is 1. The largest absolute Gasteiger partial charge is 0.497 e. The fourth-order valence-corrected chi connectivity index (χ4v) is 3.53. The van der Waals surface area contributed by atoms with Crippen LogP contribution < -0.4 is 15.8 Å². The second kappa shape index (κ2) is 8.22. The van der Waals surface area contributed by atoms with Crippen LogP contribution in [0.1, 0.15) is 11.8 Å². The molecule has 2 aromatic heterocycles. The molecule has 1 amide bonds. The number of nitrogens with zero attached hydrogens (tertiary/aromatic N) is 4. The molecule has 0 unspecified atom stereocenters. The van der Waals surface area contributed by atoms with Gasteiger partial charge in [0.15, 0.2) is 17.7 Å². The lowest BCUT2D eigenvalue weighted by atomic mass is 10.1. The molecule has 1 saturated heterocycles. The Kier molecular flexibility index (Phi) is 5.48. The molecule has 30 heavy (non-hydrogen) atoms. The molecule has 11 heteroatoms. The van der Waals surface area contributed by atoms with Gasteiger partial charge in [0.25, 0.3) is 0 Å². The first-order chi connectivity index (χ1) is 14.5. The highest BCUT2D eigenvalue weighted by atomic mass is 16.5. The number of amides is 1. The van der Waals surface area contributed by atoms with Gasteiger partial charge in [-0.1, -0.05) is 12.1 Å². The van der Waals surface area contributed by atoms with E-state index in [2.05, 4.69) is 20.3 Å². The topological polar surface area (TPSA) is 158 Å². The Morgan fingerprint density at radius 1 is 1.30 bits per heavy atom. The average molecular weight is 414 g/mol. The number of hydrogen-bond acceptors (Lipinski definition) is 9. The molecular weight excluding hydrogens is 392 g/mol. The van der Waals surface area contributed by atoms with Crippen LogP contribution in [0.3, 0.4) is 0 Å². The van der Waals surface area contributed by atoms with E-state index in [0.717, 1.165) is 5.56 Å². The Morgan fingerprint density at radius 3 is 2.77 bits per heavy atom. The number of rotatable bonds is 6. The van der Waals surface area contributed by atoms with Gasteiger partial charge in [0.2, 0.25) is 5.91 Å². The zero-order valence-electron chi connectivity index (χ0n) is 16.2. The lowest BCUT2D eigenvalue weighted by molar-refractivity contribution is -0.122. The highest BCUT2D eigenvalue weighted by molar-refractivity contribution is 5.81. The van der Waals surface area contributed by atoms with Gasteiger partial charge in [-0.3, -0.25) is 9.36 Å². The third kappa shape index (κ3) is 3.65. The van der Waals surface area contributed by atoms with Crippen molar-refractivity contribution < 1.29 is 24.5 Å². The monoisotopic (exact) mass is 414 g/mol. The first-order valence-electron chi connectivity index (χ1n) is 9.31. The SMILES string of the molecule is COc1ccc(CC(=O)N[C@H]2[C@@H](O)[C@H](n3cnc4c(N)ncnc43)O[C@@H]2CO)cc1. The van der Waals surface area contributed by atoms with Gasteiger partial charge >= 0.3 is 0 Å². The molecule has 0 spiro atoms. The Morgan fingerprint density at radius 2 is 2.07 bits per heavy atom. The summed E-state index contributed by atoms with van der Waals surface area (Å²) in [5.74, 6) is 0.585. The van der Waals surface area contributed by atoms with E-state index in [4.69, 9.17) is 15.2 Å². The summed E-state index contributed by atoms with van der Waals surface area (Å²) in [6.07, 6.45) is -0.0351. The van der Waals surface area contributed by atoms with Gasteiger partial charge in [0.1, 0.15) is 29.8 Å². The number of hydrogen-bond donors (Lipinski definition) is 4. The molecular formula is C19H22N6O5. The molecule has 0 saturated carbocycles. The van der Waals surface area contributed by atoms with Crippen LogP contribution in [0.15, 0.2) is 36.9 Å². The van der Waals surface area contributed by atoms with Crippen molar-refractivity contribution in [1.29, 1.82) is 0 Å². The van der Waals surface area contributed by atoms with Crippen molar-refractivity contribution in [1.82, 2.24) is 24.8 Å². The van der Waals surface area contributed by atoms with Crippen LogP contribution in [0.5, 0.6) is 5.75 Å². The predicted octanol–water partition coefficient (Wildman–Crippen LogP) is -0.605. The molecule has 11 nitrogen and oxygen atoms in total. The number of ether oxygens (including phenoxy) is 2. The van der Waals surface area contributed by atoms with Crippen molar-refractivity contribution in [2.75, 3.05) is 19.5 Å². The van der Waals surface area contributed by atoms with Gasteiger partial charge in [-0.25, -0.2) is 15.0 Å². The maximum absolute atomic E-state index is 12.5. The number of fused-ring (bicyclic) bond motifs is 1. The van der Waals surface area contributed by atoms with Crippen molar-refractivity contribution in [3.63, 3.8) is 0 Å². The summed E-state index contributed by atoms with van der Waals surface area (Å²) in [6, 6.07) is 6.28. The molecule has 0 aliphatic carbocycles. The zero-order chi connectivity index (χ0) is 21.3. The third-order valence-corrected chi connectivity index (χ3v) is 5.07. The van der Waals surface area contributed by atoms with Gasteiger partial charge in [-0.2, -0.15) is 0 Å². The number of nitrogens with one attached hydrogen (secondary N) is 1. The summed E-state index contributed by atoms with van der Waals surface area (Å²) in [6.45, 7) is -0.384. The molecule has 5 N–H and O–H groups in total. The van der Waals surface area contributed by atoms with Crippen molar-refractivity contribution in [2.24, 2.45) is 0 Å². The van der Waals surface area contributed by atoms with Gasteiger partial charge in [-0.05, 0) is 17.7 Å². The molecule has 3 heterocycles. The van der Waals surface area contributed by atoms with Gasteiger partial charge in [0, 0.05) is 0 Å². The zero-order valence-corrected chi connectivity index (χ0v) is 16.2. The van der Waals surface area contributed by atoms with Crippen molar-refractivity contribution in [2.45, 2.75) is 30.9 Å². The van der Waals surface area contributed by atoms with Gasteiger partial charge in [-0.15, -0.1) is 0 Å². The first kappa shape index (κ1) is 20.0. The van der Waals surface area contributed by atoms with Crippen LogP contribution in [0, 0.1) is 0 Å². The molecule has 0 radical (unpaired) electrons. The quantitative estimate of drug-likeness (QED) is 0.413. The standard InChI is InChI=1S/C19H22N6O5/c1-29-11-4-2-10(3-5-11)6-13(27)24-14-12(7-26)30-19(16(14)28)25-9-23-15-17(20)21-8-22-18(15)25/h2-5,8-9,12,14,16,19,26,28H,6-7H2,1H3,(H,24,27)(H2,20,21,22)/t12-,14-,16-,19-/m1/s1. The Hall–Kier alpha value is -3.28. The molecule has 1 aromatic carbocycles. The summed E-state index contributed by atoms with van der Waals surface area (Å²) in [4.78, 5) is 24.7. The first-order valence-corrected chi connectivity index (χ1v) is 9.31. The van der Waals surface area contributed by atoms with E-state index >= 15 is 0 Å². The number of nitrogens with two attached hydrogens (primary N) is 1. The van der Waals surface area contributed by atoms with E-state index in [1.165, 1.54) is 17.2 Å². The van der Waals surface area contributed by atoms with Crippen molar-refractivity contribution in [3.05, 3.63) is 42.5 Å². The number of carbonyl (C=O) groups excluding carboxylic acids is 1. The van der Waals surface area contributed by atoms with Crippen LogP contribution in [0.4, 0.5) is 5.82 Å². The fraction of sp³-hybridized carbons (Fsp3) is 0.368. The second-order valence-electron chi connectivity index (χ2n) is 6.94. The van der Waals surface area contributed by atoms with Gasteiger partial charge < -0.3 is 30.7 Å². The number of benzene rings is 1. The number of anilines is 1. The Balaban J connectivity index is 1.50. The number of aliphatic hydroxyl groups excluding tert-OH is 2. The smallest absolute Gasteiger partial charge is 0.224 e. The lowest BCUT2D eigenvalue weighted by Crippen LogP contribution is -2.48. The molecule has 4 atom stereocenters. The fourth-order valence-electron chi connectivity index (χ4n) is 3.53. The molecule has 1 aliphatic rings. The minimum atomic E-state index is -1.14. The number of aromatic nitrogens is 4. The van der Waals surface area contributed by atoms with Crippen LogP contribution in [0.2, 0.25) is 0 Å². The molecule has 0 bridgehead atoms. The molecule has 3 aromatic rings. The van der Waals surface area contributed by atoms with E-state index in [0.29, 0.717) is 16.9 Å². The summed E-state index contributed by atoms with van der Waals surface area (Å²) >= 11 is 0. The Bertz CT molecular complexity index is 1040. The van der Waals surface area contributed by atoms with Crippen molar-refractivity contribution >= 4 is 22.9 Å². The normalized spacial score (nSPS) is 23.6. The third-order valence-electron chi connectivity index (χ3n) is 5.07. The van der Waals surface area contributed by atoms with E-state index in [1.807, 2.05) is 0 Å². The predicted molar refractivity (Wildman–Crippen MR) is 105 cm³/mol. The van der Waals surface area contributed by atoms with Crippen LogP contribution in [0.25, 0.3) is 11.2 Å². The summed E-state index contributed by atoms with van der Waals surface area (Å²) < 4.78 is 12.4. The molecule has 1 aliphatic heterocycles. The number of nitrogen functional groups attached to an aromatic ring is 1. The van der Waals surface area contributed by atoms with E-state index in [-0.39, 0.29) is 24.8 Å². The summed E-state index contributed by atoms with van der Waals surface area (Å²) in [7, 11) is 1.57. The number of methoxy groups -OCH3 is 1. The maximum atomic E-state index is 12.5. The maximum Gasteiger partial charge on any atom is 0.224 e. The minimum Gasteiger partial charge on any atom is -0.497 e. The van der Waals surface area contributed by atoms with E-state index in [1.54, 1.807) is 31.4 Å². The van der Waals surface area contributed by atoms with E-state index in [9.17, 15) is 15.0 Å². The number of aliphatic hydroxyl groups is 2. The van der Waals surface area contributed by atoms with Gasteiger partial charge in [0.05, 0.1) is 32.5 Å².